The van der Waals surface area contributed by atoms with Crippen LogP contribution in [0.2, 0.25) is 0 Å². The zero-order chi connectivity index (χ0) is 10.6. The SMILES string of the molecule is C=C(C)[C@H]1CC=C[C@@H](OC(=O)CC)C1. The van der Waals surface area contributed by atoms with Gasteiger partial charge in [-0.05, 0) is 31.8 Å². The third kappa shape index (κ3) is 3.02. The summed E-state index contributed by atoms with van der Waals surface area (Å²) in [6.45, 7) is 7.78. The van der Waals surface area contributed by atoms with Crippen molar-refractivity contribution in [1.82, 2.24) is 0 Å². The van der Waals surface area contributed by atoms with Gasteiger partial charge in [0.15, 0.2) is 0 Å². The van der Waals surface area contributed by atoms with Crippen LogP contribution in [0.5, 0.6) is 0 Å². The number of allylic oxidation sites excluding steroid dienone is 2. The first-order chi connectivity index (χ1) is 6.63. The van der Waals surface area contributed by atoms with Gasteiger partial charge in [-0.15, -0.1) is 0 Å². The molecule has 0 spiro atoms. The van der Waals surface area contributed by atoms with Crippen LogP contribution in [0, 0.1) is 5.92 Å². The highest BCUT2D eigenvalue weighted by molar-refractivity contribution is 5.69. The molecule has 1 aliphatic rings. The van der Waals surface area contributed by atoms with E-state index in [4.69, 9.17) is 4.74 Å². The summed E-state index contributed by atoms with van der Waals surface area (Å²) in [6.07, 6.45) is 6.37. The van der Waals surface area contributed by atoms with Gasteiger partial charge in [0.1, 0.15) is 6.10 Å². The van der Waals surface area contributed by atoms with Crippen LogP contribution in [0.4, 0.5) is 0 Å². The molecule has 0 bridgehead atoms. The first kappa shape index (κ1) is 11.0. The summed E-state index contributed by atoms with van der Waals surface area (Å²) in [7, 11) is 0. The van der Waals surface area contributed by atoms with Gasteiger partial charge in [-0.2, -0.15) is 0 Å². The van der Waals surface area contributed by atoms with Gasteiger partial charge in [-0.1, -0.05) is 25.2 Å². The summed E-state index contributed by atoms with van der Waals surface area (Å²) in [5.41, 5.74) is 1.17. The van der Waals surface area contributed by atoms with E-state index in [-0.39, 0.29) is 12.1 Å². The lowest BCUT2D eigenvalue weighted by Gasteiger charge is -2.24. The van der Waals surface area contributed by atoms with Crippen molar-refractivity contribution >= 4 is 5.97 Å². The van der Waals surface area contributed by atoms with Gasteiger partial charge < -0.3 is 4.74 Å². The Bertz CT molecular complexity index is 253. The Morgan fingerprint density at radius 3 is 2.93 bits per heavy atom. The summed E-state index contributed by atoms with van der Waals surface area (Å²) in [6, 6.07) is 0. The first-order valence-corrected chi connectivity index (χ1v) is 5.15. The highest BCUT2D eigenvalue weighted by Gasteiger charge is 2.20. The molecule has 0 fully saturated rings. The lowest BCUT2D eigenvalue weighted by molar-refractivity contribution is -0.147. The number of carbonyl (C=O) groups excluding carboxylic acids is 1. The van der Waals surface area contributed by atoms with Gasteiger partial charge in [0.05, 0.1) is 0 Å². The Morgan fingerprint density at radius 2 is 2.36 bits per heavy atom. The third-order valence-corrected chi connectivity index (χ3v) is 2.56. The topological polar surface area (TPSA) is 26.3 Å². The summed E-state index contributed by atoms with van der Waals surface area (Å²) >= 11 is 0. The number of rotatable bonds is 3. The Balaban J connectivity index is 2.48. The van der Waals surface area contributed by atoms with Crippen LogP contribution in [0.25, 0.3) is 0 Å². The predicted molar refractivity (Wildman–Crippen MR) is 56.8 cm³/mol. The van der Waals surface area contributed by atoms with Gasteiger partial charge in [-0.3, -0.25) is 4.79 Å². The van der Waals surface area contributed by atoms with Crippen LogP contribution in [0.3, 0.4) is 0 Å². The van der Waals surface area contributed by atoms with Crippen molar-refractivity contribution in [2.75, 3.05) is 0 Å². The quantitative estimate of drug-likeness (QED) is 0.510. The van der Waals surface area contributed by atoms with Crippen molar-refractivity contribution in [1.29, 1.82) is 0 Å². The first-order valence-electron chi connectivity index (χ1n) is 5.15. The van der Waals surface area contributed by atoms with Crippen LogP contribution in [0.15, 0.2) is 24.3 Å². The fraction of sp³-hybridized carbons (Fsp3) is 0.583. The van der Waals surface area contributed by atoms with Crippen molar-refractivity contribution in [2.45, 2.75) is 39.2 Å². The Labute approximate surface area is 85.6 Å². The molecule has 0 heterocycles. The number of esters is 1. The average molecular weight is 194 g/mol. The Morgan fingerprint density at radius 1 is 1.64 bits per heavy atom. The molecular weight excluding hydrogens is 176 g/mol. The average Bonchev–Trinajstić information content (AvgIpc) is 2.18. The maximum atomic E-state index is 11.1. The van der Waals surface area contributed by atoms with Gasteiger partial charge in [-0.25, -0.2) is 0 Å². The molecule has 0 amide bonds. The molecule has 0 N–H and O–H groups in total. The summed E-state index contributed by atoms with van der Waals surface area (Å²) in [4.78, 5) is 11.1. The van der Waals surface area contributed by atoms with E-state index in [9.17, 15) is 4.79 Å². The van der Waals surface area contributed by atoms with E-state index in [0.717, 1.165) is 12.8 Å². The maximum absolute atomic E-state index is 11.1. The second kappa shape index (κ2) is 4.99. The largest absolute Gasteiger partial charge is 0.458 e. The van der Waals surface area contributed by atoms with Crippen LogP contribution < -0.4 is 0 Å². The van der Waals surface area contributed by atoms with E-state index in [2.05, 4.69) is 12.7 Å². The van der Waals surface area contributed by atoms with E-state index >= 15 is 0 Å². The van der Waals surface area contributed by atoms with Gasteiger partial charge in [0.25, 0.3) is 0 Å². The minimum absolute atomic E-state index is 0.0436. The number of carbonyl (C=O) groups is 1. The predicted octanol–water partition coefficient (Wildman–Crippen LogP) is 2.85. The molecule has 14 heavy (non-hydrogen) atoms. The van der Waals surface area contributed by atoms with Gasteiger partial charge in [0, 0.05) is 6.42 Å². The van der Waals surface area contributed by atoms with Gasteiger partial charge in [0.2, 0.25) is 0 Å². The van der Waals surface area contributed by atoms with Crippen LogP contribution in [-0.2, 0) is 9.53 Å². The molecule has 0 saturated carbocycles. The molecule has 0 unspecified atom stereocenters. The highest BCUT2D eigenvalue weighted by atomic mass is 16.5. The molecule has 2 atom stereocenters. The van der Waals surface area contributed by atoms with Crippen molar-refractivity contribution < 1.29 is 9.53 Å². The standard InChI is InChI=1S/C12H18O2/c1-4-12(13)14-11-7-5-6-10(8-11)9(2)3/h5,7,10-11H,2,4,6,8H2,1,3H3/t10-,11+/m0/s1. The lowest BCUT2D eigenvalue weighted by atomic mass is 9.88. The molecule has 0 aromatic carbocycles. The molecule has 1 aliphatic carbocycles. The molecule has 78 valence electrons. The van der Waals surface area contributed by atoms with Crippen LogP contribution in [-0.4, -0.2) is 12.1 Å². The van der Waals surface area contributed by atoms with Crippen molar-refractivity contribution in [3.05, 3.63) is 24.3 Å². The Kier molecular flexibility index (Phi) is 3.93. The van der Waals surface area contributed by atoms with E-state index < -0.39 is 0 Å². The van der Waals surface area contributed by atoms with Crippen molar-refractivity contribution in [3.63, 3.8) is 0 Å². The molecule has 2 nitrogen and oxygen atoms in total. The normalized spacial score (nSPS) is 25.9. The molecule has 0 saturated heterocycles. The highest BCUT2D eigenvalue weighted by Crippen LogP contribution is 2.26. The van der Waals surface area contributed by atoms with Crippen molar-refractivity contribution in [3.8, 4) is 0 Å². The summed E-state index contributed by atoms with van der Waals surface area (Å²) in [5, 5.41) is 0. The van der Waals surface area contributed by atoms with E-state index in [1.807, 2.05) is 19.9 Å². The minimum Gasteiger partial charge on any atom is -0.458 e. The summed E-state index contributed by atoms with van der Waals surface area (Å²) in [5.74, 6) is 0.344. The van der Waals surface area contributed by atoms with E-state index in [1.54, 1.807) is 0 Å². The van der Waals surface area contributed by atoms with Crippen LogP contribution in [0.1, 0.15) is 33.1 Å². The second-order valence-corrected chi connectivity index (χ2v) is 3.82. The Hall–Kier alpha value is -1.05. The monoisotopic (exact) mass is 194 g/mol. The maximum Gasteiger partial charge on any atom is 0.306 e. The number of hydrogen-bond donors (Lipinski definition) is 0. The summed E-state index contributed by atoms with van der Waals surface area (Å²) < 4.78 is 5.25. The van der Waals surface area contributed by atoms with E-state index in [1.165, 1.54) is 5.57 Å². The second-order valence-electron chi connectivity index (χ2n) is 3.82. The molecule has 0 aromatic heterocycles. The molecule has 0 aliphatic heterocycles. The minimum atomic E-state index is -0.123. The molecule has 0 radical (unpaired) electrons. The van der Waals surface area contributed by atoms with Gasteiger partial charge >= 0.3 is 5.97 Å². The van der Waals surface area contributed by atoms with Crippen molar-refractivity contribution in [2.24, 2.45) is 5.92 Å². The van der Waals surface area contributed by atoms with Crippen LogP contribution >= 0.6 is 0 Å². The zero-order valence-corrected chi connectivity index (χ0v) is 8.95. The number of ether oxygens (including phenoxy) is 1. The third-order valence-electron chi connectivity index (χ3n) is 2.56. The fourth-order valence-electron chi connectivity index (χ4n) is 1.59. The molecular formula is C12H18O2. The molecule has 2 heteroatoms. The fourth-order valence-corrected chi connectivity index (χ4v) is 1.59. The zero-order valence-electron chi connectivity index (χ0n) is 8.95. The lowest BCUT2D eigenvalue weighted by Crippen LogP contribution is -2.22. The van der Waals surface area contributed by atoms with E-state index in [0.29, 0.717) is 12.3 Å². The number of hydrogen-bond acceptors (Lipinski definition) is 2. The smallest absolute Gasteiger partial charge is 0.306 e. The molecule has 1 rings (SSSR count). The molecule has 0 aromatic rings.